The van der Waals surface area contributed by atoms with Gasteiger partial charge in [0.1, 0.15) is 11.6 Å². The van der Waals surface area contributed by atoms with E-state index in [-0.39, 0.29) is 11.4 Å². The molecule has 0 heterocycles. The predicted octanol–water partition coefficient (Wildman–Crippen LogP) is -0.571. The molecular weight excluding hydrogens is 150 g/mol. The molecule has 0 unspecified atom stereocenters. The van der Waals surface area contributed by atoms with Crippen LogP contribution in [-0.4, -0.2) is 5.84 Å². The first kappa shape index (κ1) is 7.65. The quantitative estimate of drug-likeness (QED) is 0.416. The molecule has 0 spiro atoms. The number of halogens is 2. The molecule has 0 bridgehead atoms. The van der Waals surface area contributed by atoms with Crippen LogP contribution in [0.5, 0.6) is 0 Å². The van der Waals surface area contributed by atoms with Crippen molar-refractivity contribution in [1.29, 1.82) is 0 Å². The van der Waals surface area contributed by atoms with Gasteiger partial charge in [0.05, 0.1) is 5.56 Å². The monoisotopic (exact) mass is 157 g/mol. The highest BCUT2D eigenvalue weighted by Gasteiger charge is 2.08. The summed E-state index contributed by atoms with van der Waals surface area (Å²) in [5.41, 5.74) is 5.13. The Hall–Kier alpha value is -1.45. The van der Waals surface area contributed by atoms with E-state index in [4.69, 9.17) is 11.1 Å². The van der Waals surface area contributed by atoms with E-state index in [9.17, 15) is 8.78 Å². The first-order valence-electron chi connectivity index (χ1n) is 2.94. The zero-order valence-electron chi connectivity index (χ0n) is 5.64. The first-order valence-corrected chi connectivity index (χ1v) is 2.94. The van der Waals surface area contributed by atoms with Gasteiger partial charge in [0.15, 0.2) is 0 Å². The summed E-state index contributed by atoms with van der Waals surface area (Å²) in [6.45, 7) is 0. The van der Waals surface area contributed by atoms with Gasteiger partial charge in [0.25, 0.3) is 5.84 Å². The number of hydrogen-bond donors (Lipinski definition) is 2. The average molecular weight is 157 g/mol. The summed E-state index contributed by atoms with van der Waals surface area (Å²) in [6, 6.07) is 3.02. The average Bonchev–Trinajstić information content (AvgIpc) is 1.85. The minimum atomic E-state index is -0.745. The third kappa shape index (κ3) is 1.52. The number of nitrogens with two attached hydrogens (primary N) is 2. The molecule has 2 nitrogen and oxygen atoms in total. The standard InChI is InChI=1S/C7H6F2N2/c8-4-1-2-5(7(10)11)6(9)3-4/h1-3H,(H3,10,11)/p+1. The highest BCUT2D eigenvalue weighted by atomic mass is 19.1. The molecule has 4 N–H and O–H groups in total. The number of rotatable bonds is 1. The van der Waals surface area contributed by atoms with Gasteiger partial charge in [-0.1, -0.05) is 0 Å². The highest BCUT2D eigenvalue weighted by molar-refractivity contribution is 5.92. The van der Waals surface area contributed by atoms with E-state index in [1.165, 1.54) is 6.07 Å². The lowest BCUT2D eigenvalue weighted by Gasteiger charge is -1.94. The largest absolute Gasteiger partial charge is 0.287 e. The second-order valence-corrected chi connectivity index (χ2v) is 2.08. The molecule has 0 aliphatic heterocycles. The summed E-state index contributed by atoms with van der Waals surface area (Å²) in [6.07, 6.45) is 0. The van der Waals surface area contributed by atoms with Gasteiger partial charge in [-0.05, 0) is 12.1 Å². The van der Waals surface area contributed by atoms with Crippen LogP contribution in [0.15, 0.2) is 18.2 Å². The van der Waals surface area contributed by atoms with Gasteiger partial charge in [-0.2, -0.15) is 0 Å². The van der Waals surface area contributed by atoms with Gasteiger partial charge in [-0.15, -0.1) is 0 Å². The fraction of sp³-hybridized carbons (Fsp3) is 0. The molecule has 1 rings (SSSR count). The van der Waals surface area contributed by atoms with Crippen LogP contribution < -0.4 is 11.1 Å². The summed E-state index contributed by atoms with van der Waals surface area (Å²) in [5, 5.41) is 5.10. The van der Waals surface area contributed by atoms with Crippen molar-refractivity contribution in [3.05, 3.63) is 35.4 Å². The summed E-state index contributed by atoms with van der Waals surface area (Å²) in [5.74, 6) is -1.54. The van der Waals surface area contributed by atoms with Crippen molar-refractivity contribution in [1.82, 2.24) is 0 Å². The van der Waals surface area contributed by atoms with E-state index < -0.39 is 11.6 Å². The van der Waals surface area contributed by atoms with E-state index in [1.807, 2.05) is 0 Å². The molecule has 0 amide bonds. The van der Waals surface area contributed by atoms with Gasteiger partial charge in [-0.25, -0.2) is 8.78 Å². The first-order chi connectivity index (χ1) is 5.11. The molecule has 0 atom stereocenters. The van der Waals surface area contributed by atoms with Crippen LogP contribution in [0.3, 0.4) is 0 Å². The second kappa shape index (κ2) is 2.65. The molecule has 0 aliphatic rings. The van der Waals surface area contributed by atoms with E-state index >= 15 is 0 Å². The molecule has 0 saturated heterocycles. The topological polar surface area (TPSA) is 51.6 Å². The van der Waals surface area contributed by atoms with Crippen LogP contribution in [0.2, 0.25) is 0 Å². The summed E-state index contributed by atoms with van der Waals surface area (Å²) < 4.78 is 25.0. The Morgan fingerprint density at radius 2 is 2.00 bits per heavy atom. The Morgan fingerprint density at radius 3 is 2.45 bits per heavy atom. The summed E-state index contributed by atoms with van der Waals surface area (Å²) in [7, 11) is 0. The minimum absolute atomic E-state index is 0.0337. The minimum Gasteiger partial charge on any atom is -0.287 e. The fourth-order valence-corrected chi connectivity index (χ4v) is 0.724. The molecule has 0 aromatic heterocycles. The lowest BCUT2D eigenvalue weighted by atomic mass is 10.2. The smallest absolute Gasteiger partial charge is 0.273 e. The van der Waals surface area contributed by atoms with Crippen molar-refractivity contribution in [2.24, 2.45) is 5.73 Å². The fourth-order valence-electron chi connectivity index (χ4n) is 0.724. The SMILES string of the molecule is NC(=[NH2+])c1ccc(F)cc1F. The van der Waals surface area contributed by atoms with Crippen LogP contribution in [0, 0.1) is 11.6 Å². The maximum Gasteiger partial charge on any atom is 0.273 e. The molecular formula is C7H7F2N2+. The molecule has 11 heavy (non-hydrogen) atoms. The molecule has 0 fully saturated rings. The number of amidine groups is 1. The van der Waals surface area contributed by atoms with Gasteiger partial charge < -0.3 is 0 Å². The Kier molecular flexibility index (Phi) is 1.85. The Bertz CT molecular complexity index is 296. The molecule has 0 saturated carbocycles. The lowest BCUT2D eigenvalue weighted by molar-refractivity contribution is -0.114. The molecule has 0 aliphatic carbocycles. The maximum atomic E-state index is 12.7. The molecule has 0 radical (unpaired) electrons. The van der Waals surface area contributed by atoms with Crippen molar-refractivity contribution >= 4 is 5.84 Å². The van der Waals surface area contributed by atoms with E-state index in [1.54, 1.807) is 0 Å². The highest BCUT2D eigenvalue weighted by Crippen LogP contribution is 2.07. The van der Waals surface area contributed by atoms with Gasteiger partial charge in [-0.3, -0.25) is 11.1 Å². The molecule has 1 aromatic carbocycles. The van der Waals surface area contributed by atoms with Crippen molar-refractivity contribution < 1.29 is 14.2 Å². The second-order valence-electron chi connectivity index (χ2n) is 2.08. The number of benzene rings is 1. The van der Waals surface area contributed by atoms with Crippen LogP contribution >= 0.6 is 0 Å². The Labute approximate surface area is 62.2 Å². The maximum absolute atomic E-state index is 12.7. The molecule has 58 valence electrons. The van der Waals surface area contributed by atoms with Gasteiger partial charge in [0.2, 0.25) is 0 Å². The van der Waals surface area contributed by atoms with Gasteiger partial charge >= 0.3 is 0 Å². The Morgan fingerprint density at radius 1 is 1.36 bits per heavy atom. The van der Waals surface area contributed by atoms with Crippen molar-refractivity contribution in [2.75, 3.05) is 0 Å². The third-order valence-electron chi connectivity index (χ3n) is 1.24. The number of hydrogen-bond acceptors (Lipinski definition) is 0. The zero-order chi connectivity index (χ0) is 8.43. The Balaban J connectivity index is 3.20. The van der Waals surface area contributed by atoms with Crippen LogP contribution in [0.1, 0.15) is 5.56 Å². The predicted molar refractivity (Wildman–Crippen MR) is 36.6 cm³/mol. The van der Waals surface area contributed by atoms with Crippen LogP contribution in [0.4, 0.5) is 8.78 Å². The summed E-state index contributed by atoms with van der Waals surface area (Å²) >= 11 is 0. The normalized spacial score (nSPS) is 9.64. The molecule has 4 heteroatoms. The van der Waals surface area contributed by atoms with Crippen LogP contribution in [-0.2, 0) is 0 Å². The summed E-state index contributed by atoms with van der Waals surface area (Å²) in [4.78, 5) is 0. The van der Waals surface area contributed by atoms with E-state index in [0.29, 0.717) is 0 Å². The van der Waals surface area contributed by atoms with Crippen molar-refractivity contribution in [2.45, 2.75) is 0 Å². The lowest BCUT2D eigenvalue weighted by Crippen LogP contribution is -2.46. The van der Waals surface area contributed by atoms with Crippen LogP contribution in [0.25, 0.3) is 0 Å². The van der Waals surface area contributed by atoms with E-state index in [2.05, 4.69) is 0 Å². The van der Waals surface area contributed by atoms with Gasteiger partial charge in [0, 0.05) is 6.07 Å². The molecule has 1 aromatic rings. The zero-order valence-corrected chi connectivity index (χ0v) is 5.64. The van der Waals surface area contributed by atoms with E-state index in [0.717, 1.165) is 12.1 Å². The van der Waals surface area contributed by atoms with Crippen molar-refractivity contribution in [3.8, 4) is 0 Å². The third-order valence-corrected chi connectivity index (χ3v) is 1.24. The van der Waals surface area contributed by atoms with Crippen molar-refractivity contribution in [3.63, 3.8) is 0 Å².